The molecule has 3 aromatic rings. The molecule has 1 saturated heterocycles. The predicted molar refractivity (Wildman–Crippen MR) is 139 cm³/mol. The van der Waals surface area contributed by atoms with Crippen LogP contribution in [0.25, 0.3) is 10.9 Å². The Morgan fingerprint density at radius 1 is 1.09 bits per heavy atom. The molecule has 2 heterocycles. The standard InChI is InChI=1S/C28H35N3O3/c1-5-34-27(33)19-12-14-31(15-13-19)24-9-7-23(8-10-24)29-18-21-16-20-17-22(28(2,3)4)6-11-25(20)30-26(21)32/h6-11,16-17,19,29H,5,12-15,18H2,1-4H3,(H,30,32). The fourth-order valence-electron chi connectivity index (χ4n) is 4.47. The van der Waals surface area contributed by atoms with Crippen LogP contribution in [0.1, 0.15) is 51.7 Å². The number of aromatic amines is 1. The Labute approximate surface area is 201 Å². The van der Waals surface area contributed by atoms with Gasteiger partial charge >= 0.3 is 5.97 Å². The van der Waals surface area contributed by atoms with Crippen molar-refractivity contribution < 1.29 is 9.53 Å². The smallest absolute Gasteiger partial charge is 0.309 e. The van der Waals surface area contributed by atoms with E-state index in [0.717, 1.165) is 48.2 Å². The maximum Gasteiger partial charge on any atom is 0.309 e. The van der Waals surface area contributed by atoms with Gasteiger partial charge in [0, 0.05) is 42.1 Å². The average molecular weight is 462 g/mol. The number of fused-ring (bicyclic) bond motifs is 1. The number of pyridine rings is 1. The Hall–Kier alpha value is -3.28. The Morgan fingerprint density at radius 3 is 2.44 bits per heavy atom. The second kappa shape index (κ2) is 9.92. The fraction of sp³-hybridized carbons (Fsp3) is 0.429. The summed E-state index contributed by atoms with van der Waals surface area (Å²) in [7, 11) is 0. The molecular weight excluding hydrogens is 426 g/mol. The van der Waals surface area contributed by atoms with Gasteiger partial charge in [0.05, 0.1) is 12.5 Å². The summed E-state index contributed by atoms with van der Waals surface area (Å²) >= 11 is 0. The molecule has 6 nitrogen and oxygen atoms in total. The van der Waals surface area contributed by atoms with Crippen molar-refractivity contribution in [2.75, 3.05) is 29.9 Å². The van der Waals surface area contributed by atoms with Crippen molar-refractivity contribution in [1.82, 2.24) is 4.98 Å². The van der Waals surface area contributed by atoms with Gasteiger partial charge in [0.1, 0.15) is 0 Å². The summed E-state index contributed by atoms with van der Waals surface area (Å²) in [5.41, 5.74) is 4.91. The largest absolute Gasteiger partial charge is 0.466 e. The number of nitrogens with zero attached hydrogens (tertiary/aromatic N) is 1. The van der Waals surface area contributed by atoms with Crippen LogP contribution in [-0.4, -0.2) is 30.6 Å². The highest BCUT2D eigenvalue weighted by Gasteiger charge is 2.26. The molecule has 1 fully saturated rings. The molecule has 0 unspecified atom stereocenters. The summed E-state index contributed by atoms with van der Waals surface area (Å²) in [6.07, 6.45) is 1.64. The summed E-state index contributed by atoms with van der Waals surface area (Å²) in [6, 6.07) is 16.5. The van der Waals surface area contributed by atoms with Gasteiger partial charge in [0.2, 0.25) is 0 Å². The minimum absolute atomic E-state index is 0.0108. The predicted octanol–water partition coefficient (Wildman–Crippen LogP) is 5.22. The number of aromatic nitrogens is 1. The van der Waals surface area contributed by atoms with E-state index in [1.165, 1.54) is 5.56 Å². The first-order chi connectivity index (χ1) is 16.2. The van der Waals surface area contributed by atoms with E-state index in [4.69, 9.17) is 4.74 Å². The molecule has 2 N–H and O–H groups in total. The number of esters is 1. The zero-order valence-corrected chi connectivity index (χ0v) is 20.6. The molecule has 1 aromatic heterocycles. The van der Waals surface area contributed by atoms with Crippen LogP contribution in [0.15, 0.2) is 53.3 Å². The molecular formula is C28H35N3O3. The Balaban J connectivity index is 1.39. The number of carbonyl (C=O) groups is 1. The molecule has 6 heteroatoms. The average Bonchev–Trinajstić information content (AvgIpc) is 2.82. The van der Waals surface area contributed by atoms with Crippen LogP contribution in [0.5, 0.6) is 0 Å². The zero-order chi connectivity index (χ0) is 24.3. The molecule has 1 aliphatic rings. The van der Waals surface area contributed by atoms with Crippen LogP contribution >= 0.6 is 0 Å². The van der Waals surface area contributed by atoms with Gasteiger partial charge in [-0.25, -0.2) is 0 Å². The van der Waals surface area contributed by atoms with E-state index >= 15 is 0 Å². The molecule has 180 valence electrons. The number of nitrogens with one attached hydrogen (secondary N) is 2. The van der Waals surface area contributed by atoms with E-state index in [0.29, 0.717) is 18.7 Å². The van der Waals surface area contributed by atoms with Gasteiger partial charge < -0.3 is 19.9 Å². The van der Waals surface area contributed by atoms with E-state index in [9.17, 15) is 9.59 Å². The van der Waals surface area contributed by atoms with Crippen LogP contribution < -0.4 is 15.8 Å². The first kappa shape index (κ1) is 23.9. The highest BCUT2D eigenvalue weighted by Crippen LogP contribution is 2.27. The second-order valence-electron chi connectivity index (χ2n) is 10.1. The van der Waals surface area contributed by atoms with Crippen LogP contribution in [0.3, 0.4) is 0 Å². The van der Waals surface area contributed by atoms with Crippen molar-refractivity contribution in [3.63, 3.8) is 0 Å². The third-order valence-electron chi connectivity index (χ3n) is 6.62. The lowest BCUT2D eigenvalue weighted by molar-refractivity contribution is -0.148. The number of benzene rings is 2. The summed E-state index contributed by atoms with van der Waals surface area (Å²) in [5, 5.41) is 4.42. The molecule has 0 atom stereocenters. The number of anilines is 2. The van der Waals surface area contributed by atoms with Gasteiger partial charge in [0.15, 0.2) is 0 Å². The molecule has 0 bridgehead atoms. The minimum Gasteiger partial charge on any atom is -0.466 e. The van der Waals surface area contributed by atoms with Crippen molar-refractivity contribution >= 4 is 28.2 Å². The van der Waals surface area contributed by atoms with Gasteiger partial charge in [0.25, 0.3) is 5.56 Å². The lowest BCUT2D eigenvalue weighted by Crippen LogP contribution is -2.36. The van der Waals surface area contributed by atoms with E-state index < -0.39 is 0 Å². The van der Waals surface area contributed by atoms with E-state index in [1.807, 2.05) is 31.2 Å². The van der Waals surface area contributed by atoms with Crippen LogP contribution in [-0.2, 0) is 21.5 Å². The van der Waals surface area contributed by atoms with Gasteiger partial charge in [-0.15, -0.1) is 0 Å². The Bertz CT molecular complexity index is 1200. The molecule has 0 amide bonds. The van der Waals surface area contributed by atoms with Gasteiger partial charge in [-0.2, -0.15) is 0 Å². The quantitative estimate of drug-likeness (QED) is 0.493. The topological polar surface area (TPSA) is 74.4 Å². The van der Waals surface area contributed by atoms with Gasteiger partial charge in [-0.1, -0.05) is 26.8 Å². The SMILES string of the molecule is CCOC(=O)C1CCN(c2ccc(NCc3cc4cc(C(C)(C)C)ccc4[nH]c3=O)cc2)CC1. The zero-order valence-electron chi connectivity index (χ0n) is 20.6. The second-order valence-corrected chi connectivity index (χ2v) is 10.1. The molecule has 0 spiro atoms. The van der Waals surface area contributed by atoms with Crippen molar-refractivity contribution in [3.05, 3.63) is 70.0 Å². The van der Waals surface area contributed by atoms with Crippen molar-refractivity contribution in [2.24, 2.45) is 5.92 Å². The maximum atomic E-state index is 12.6. The fourth-order valence-corrected chi connectivity index (χ4v) is 4.47. The third-order valence-corrected chi connectivity index (χ3v) is 6.62. The summed E-state index contributed by atoms with van der Waals surface area (Å²) in [5.74, 6) is -0.0586. The molecule has 0 saturated carbocycles. The van der Waals surface area contributed by atoms with E-state index in [2.05, 4.69) is 60.2 Å². The van der Waals surface area contributed by atoms with Crippen molar-refractivity contribution in [2.45, 2.75) is 52.5 Å². The number of H-pyrrole nitrogens is 1. The van der Waals surface area contributed by atoms with Gasteiger partial charge in [-0.3, -0.25) is 9.59 Å². The first-order valence-electron chi connectivity index (χ1n) is 12.2. The molecule has 2 aromatic carbocycles. The Morgan fingerprint density at radius 2 is 1.79 bits per heavy atom. The monoisotopic (exact) mass is 461 g/mol. The van der Waals surface area contributed by atoms with Gasteiger partial charge in [-0.05, 0) is 78.6 Å². The van der Waals surface area contributed by atoms with Crippen molar-refractivity contribution in [1.29, 1.82) is 0 Å². The highest BCUT2D eigenvalue weighted by atomic mass is 16.5. The normalized spacial score (nSPS) is 14.9. The molecule has 0 radical (unpaired) electrons. The van der Waals surface area contributed by atoms with E-state index in [1.54, 1.807) is 0 Å². The van der Waals surface area contributed by atoms with Crippen LogP contribution in [0.4, 0.5) is 11.4 Å². The Kier molecular flexibility index (Phi) is 6.96. The lowest BCUT2D eigenvalue weighted by Gasteiger charge is -2.32. The minimum atomic E-state index is -0.0694. The summed E-state index contributed by atoms with van der Waals surface area (Å²) in [6.45, 7) is 11.0. The number of ether oxygens (including phenoxy) is 1. The number of piperidine rings is 1. The third kappa shape index (κ3) is 5.44. The summed E-state index contributed by atoms with van der Waals surface area (Å²) in [4.78, 5) is 29.9. The summed E-state index contributed by atoms with van der Waals surface area (Å²) < 4.78 is 5.16. The highest BCUT2D eigenvalue weighted by molar-refractivity contribution is 5.80. The maximum absolute atomic E-state index is 12.6. The molecule has 34 heavy (non-hydrogen) atoms. The van der Waals surface area contributed by atoms with Crippen LogP contribution in [0, 0.1) is 5.92 Å². The van der Waals surface area contributed by atoms with Crippen molar-refractivity contribution in [3.8, 4) is 0 Å². The first-order valence-corrected chi connectivity index (χ1v) is 12.2. The molecule has 0 aliphatic carbocycles. The number of carbonyl (C=O) groups excluding carboxylic acids is 1. The molecule has 4 rings (SSSR count). The van der Waals surface area contributed by atoms with E-state index in [-0.39, 0.29) is 22.9 Å². The number of hydrogen-bond acceptors (Lipinski definition) is 5. The molecule has 1 aliphatic heterocycles. The number of hydrogen-bond donors (Lipinski definition) is 2. The lowest BCUT2D eigenvalue weighted by atomic mass is 9.86. The van der Waals surface area contributed by atoms with Crippen LogP contribution in [0.2, 0.25) is 0 Å². The number of rotatable bonds is 6.